The molecule has 0 N–H and O–H groups in total. The fraction of sp³-hybridized carbons (Fsp3) is 0.333. The molecule has 1 aliphatic rings. The van der Waals surface area contributed by atoms with Gasteiger partial charge in [0.1, 0.15) is 0 Å². The van der Waals surface area contributed by atoms with Gasteiger partial charge in [-0.05, 0) is 43.3 Å². The van der Waals surface area contributed by atoms with E-state index in [1.807, 2.05) is 24.0 Å². The second-order valence-corrected chi connectivity index (χ2v) is 5.81. The number of nitrogens with zero attached hydrogens (tertiary/aromatic N) is 2. The van der Waals surface area contributed by atoms with Gasteiger partial charge in [-0.2, -0.15) is 0 Å². The zero-order valence-corrected chi connectivity index (χ0v) is 13.8. The van der Waals surface area contributed by atoms with Crippen LogP contribution >= 0.6 is 0 Å². The second-order valence-electron chi connectivity index (χ2n) is 5.81. The lowest BCUT2D eigenvalue weighted by atomic mass is 10.1. The lowest BCUT2D eigenvalue weighted by molar-refractivity contribution is 0.0598. The Morgan fingerprint density at radius 3 is 2.50 bits per heavy atom. The molecule has 0 spiro atoms. The number of methoxy groups -OCH3 is 1. The molecule has 1 aromatic heterocycles. The van der Waals surface area contributed by atoms with Crippen LogP contribution in [0, 0.1) is 0 Å². The van der Waals surface area contributed by atoms with Crippen LogP contribution in [0.2, 0.25) is 0 Å². The fourth-order valence-electron chi connectivity index (χ4n) is 2.96. The summed E-state index contributed by atoms with van der Waals surface area (Å²) in [4.78, 5) is 28.0. The quantitative estimate of drug-likeness (QED) is 0.810. The molecule has 3 rings (SSSR count). The first-order valence-corrected chi connectivity index (χ1v) is 7.88. The van der Waals surface area contributed by atoms with E-state index >= 15 is 0 Å². The zero-order valence-electron chi connectivity index (χ0n) is 13.8. The van der Waals surface area contributed by atoms with Crippen molar-refractivity contribution in [3.8, 4) is 0 Å². The number of amides is 1. The topological polar surface area (TPSA) is 63.0 Å². The van der Waals surface area contributed by atoms with Gasteiger partial charge in [0.15, 0.2) is 5.76 Å². The first kappa shape index (κ1) is 16.1. The van der Waals surface area contributed by atoms with Crippen molar-refractivity contribution in [2.45, 2.75) is 13.0 Å². The normalized spacial score (nSPS) is 17.7. The van der Waals surface area contributed by atoms with Crippen LogP contribution in [-0.2, 0) is 4.74 Å². The summed E-state index contributed by atoms with van der Waals surface area (Å²) in [5.74, 6) is -0.0466. The van der Waals surface area contributed by atoms with E-state index in [9.17, 15) is 9.59 Å². The zero-order chi connectivity index (χ0) is 17.1. The molecular weight excluding hydrogens is 308 g/mol. The van der Waals surface area contributed by atoms with Gasteiger partial charge >= 0.3 is 5.97 Å². The van der Waals surface area contributed by atoms with Gasteiger partial charge in [0.25, 0.3) is 5.91 Å². The first-order valence-electron chi connectivity index (χ1n) is 7.88. The number of esters is 1. The van der Waals surface area contributed by atoms with Gasteiger partial charge in [-0.15, -0.1) is 0 Å². The van der Waals surface area contributed by atoms with Crippen LogP contribution in [0.3, 0.4) is 0 Å². The average molecular weight is 328 g/mol. The van der Waals surface area contributed by atoms with Gasteiger partial charge < -0.3 is 19.0 Å². The molecule has 1 saturated heterocycles. The van der Waals surface area contributed by atoms with Gasteiger partial charge in [0.05, 0.1) is 18.9 Å². The maximum atomic E-state index is 12.4. The molecule has 24 heavy (non-hydrogen) atoms. The molecule has 2 aromatic rings. The van der Waals surface area contributed by atoms with E-state index in [-0.39, 0.29) is 17.9 Å². The van der Waals surface area contributed by atoms with Gasteiger partial charge in [-0.1, -0.05) is 0 Å². The summed E-state index contributed by atoms with van der Waals surface area (Å²) in [5, 5.41) is 0. The van der Waals surface area contributed by atoms with Crippen molar-refractivity contribution in [1.29, 1.82) is 0 Å². The standard InChI is InChI=1S/C18H20N2O4/c1-13-12-19(15-7-5-14(6-8-15)18(22)23-2)9-10-20(13)17(21)16-4-3-11-24-16/h3-8,11,13H,9-10,12H2,1-2H3/t13-/m1/s1. The highest BCUT2D eigenvalue weighted by Crippen LogP contribution is 2.21. The molecule has 0 aliphatic carbocycles. The molecule has 6 nitrogen and oxygen atoms in total. The molecule has 0 radical (unpaired) electrons. The van der Waals surface area contributed by atoms with E-state index in [1.54, 1.807) is 24.3 Å². The third kappa shape index (κ3) is 3.13. The molecule has 0 unspecified atom stereocenters. The molecule has 1 fully saturated rings. The molecular formula is C18H20N2O4. The number of benzene rings is 1. The summed E-state index contributed by atoms with van der Waals surface area (Å²) in [6, 6.07) is 10.8. The molecule has 1 aliphatic heterocycles. The molecule has 126 valence electrons. The number of anilines is 1. The predicted molar refractivity (Wildman–Crippen MR) is 89.2 cm³/mol. The lowest BCUT2D eigenvalue weighted by Crippen LogP contribution is -2.54. The molecule has 0 saturated carbocycles. The van der Waals surface area contributed by atoms with E-state index in [2.05, 4.69) is 4.90 Å². The third-order valence-corrected chi connectivity index (χ3v) is 4.27. The number of ether oxygens (including phenoxy) is 1. The minimum Gasteiger partial charge on any atom is -0.465 e. The smallest absolute Gasteiger partial charge is 0.337 e. The highest BCUT2D eigenvalue weighted by molar-refractivity contribution is 5.92. The average Bonchev–Trinajstić information content (AvgIpc) is 3.15. The van der Waals surface area contributed by atoms with Crippen molar-refractivity contribution < 1.29 is 18.7 Å². The van der Waals surface area contributed by atoms with Crippen molar-refractivity contribution in [2.75, 3.05) is 31.6 Å². The van der Waals surface area contributed by atoms with Crippen LogP contribution in [-0.4, -0.2) is 49.6 Å². The van der Waals surface area contributed by atoms with Gasteiger partial charge in [0.2, 0.25) is 0 Å². The summed E-state index contributed by atoms with van der Waals surface area (Å²) in [7, 11) is 1.37. The Bertz CT molecular complexity index is 709. The van der Waals surface area contributed by atoms with Crippen molar-refractivity contribution in [3.63, 3.8) is 0 Å². The second kappa shape index (κ2) is 6.78. The molecule has 6 heteroatoms. The monoisotopic (exact) mass is 328 g/mol. The van der Waals surface area contributed by atoms with Crippen LogP contribution in [0.1, 0.15) is 27.8 Å². The Kier molecular flexibility index (Phi) is 4.55. The molecule has 1 amide bonds. The van der Waals surface area contributed by atoms with E-state index in [4.69, 9.17) is 9.15 Å². The fourth-order valence-corrected chi connectivity index (χ4v) is 2.96. The molecule has 1 aromatic carbocycles. The Morgan fingerprint density at radius 2 is 1.92 bits per heavy atom. The Balaban J connectivity index is 1.67. The highest BCUT2D eigenvalue weighted by atomic mass is 16.5. The summed E-state index contributed by atoms with van der Waals surface area (Å²) in [6.45, 7) is 4.10. The van der Waals surface area contributed by atoms with E-state index in [0.717, 1.165) is 18.8 Å². The Morgan fingerprint density at radius 1 is 1.17 bits per heavy atom. The van der Waals surface area contributed by atoms with E-state index in [1.165, 1.54) is 13.4 Å². The predicted octanol–water partition coefficient (Wildman–Crippen LogP) is 2.42. The Hall–Kier alpha value is -2.76. The highest BCUT2D eigenvalue weighted by Gasteiger charge is 2.29. The van der Waals surface area contributed by atoms with Crippen LogP contribution in [0.4, 0.5) is 5.69 Å². The Labute approximate surface area is 140 Å². The van der Waals surface area contributed by atoms with Crippen LogP contribution < -0.4 is 4.90 Å². The van der Waals surface area contributed by atoms with Gasteiger partial charge in [0, 0.05) is 31.4 Å². The lowest BCUT2D eigenvalue weighted by Gasteiger charge is -2.40. The van der Waals surface area contributed by atoms with Crippen molar-refractivity contribution >= 4 is 17.6 Å². The largest absolute Gasteiger partial charge is 0.465 e. The summed E-state index contributed by atoms with van der Waals surface area (Å²) < 4.78 is 9.91. The summed E-state index contributed by atoms with van der Waals surface area (Å²) in [5.41, 5.74) is 1.56. The number of carbonyl (C=O) groups is 2. The minimum absolute atomic E-state index is 0.0663. The van der Waals surface area contributed by atoms with Gasteiger partial charge in [-0.25, -0.2) is 4.79 Å². The van der Waals surface area contributed by atoms with Crippen molar-refractivity contribution in [1.82, 2.24) is 4.90 Å². The molecule has 2 heterocycles. The number of hydrogen-bond acceptors (Lipinski definition) is 5. The van der Waals surface area contributed by atoms with Crippen LogP contribution in [0.25, 0.3) is 0 Å². The van der Waals surface area contributed by atoms with E-state index < -0.39 is 0 Å². The molecule has 1 atom stereocenters. The van der Waals surface area contributed by atoms with E-state index in [0.29, 0.717) is 17.9 Å². The third-order valence-electron chi connectivity index (χ3n) is 4.27. The van der Waals surface area contributed by atoms with Crippen molar-refractivity contribution in [3.05, 3.63) is 54.0 Å². The summed E-state index contributed by atoms with van der Waals surface area (Å²) >= 11 is 0. The summed E-state index contributed by atoms with van der Waals surface area (Å²) in [6.07, 6.45) is 1.51. The van der Waals surface area contributed by atoms with Crippen LogP contribution in [0.5, 0.6) is 0 Å². The molecule has 0 bridgehead atoms. The number of carbonyl (C=O) groups excluding carboxylic acids is 2. The first-order chi connectivity index (χ1) is 11.6. The maximum absolute atomic E-state index is 12.4. The number of hydrogen-bond donors (Lipinski definition) is 0. The number of piperazine rings is 1. The maximum Gasteiger partial charge on any atom is 0.337 e. The van der Waals surface area contributed by atoms with Crippen molar-refractivity contribution in [2.24, 2.45) is 0 Å². The SMILES string of the molecule is COC(=O)c1ccc(N2CCN(C(=O)c3ccco3)[C@H](C)C2)cc1. The minimum atomic E-state index is -0.344. The van der Waals surface area contributed by atoms with Crippen LogP contribution in [0.15, 0.2) is 47.1 Å². The number of rotatable bonds is 3. The van der Waals surface area contributed by atoms with Gasteiger partial charge in [-0.3, -0.25) is 4.79 Å². The number of furan rings is 1.